The van der Waals surface area contributed by atoms with Crippen LogP contribution in [0.15, 0.2) is 12.7 Å². The number of rotatable bonds is 6. The molecule has 0 atom stereocenters. The SMILES string of the molecule is COC(CC(=O)c1ncncn1)(OC)OC. The highest BCUT2D eigenvalue weighted by molar-refractivity contribution is 5.92. The fraction of sp³-hybridized carbons (Fsp3) is 0.556. The van der Waals surface area contributed by atoms with Gasteiger partial charge >= 0.3 is 0 Å². The van der Waals surface area contributed by atoms with Crippen molar-refractivity contribution in [1.29, 1.82) is 0 Å². The van der Waals surface area contributed by atoms with E-state index in [9.17, 15) is 4.79 Å². The minimum atomic E-state index is -1.40. The monoisotopic (exact) mass is 227 g/mol. The first-order chi connectivity index (χ1) is 7.67. The Morgan fingerprint density at radius 2 is 1.69 bits per heavy atom. The summed E-state index contributed by atoms with van der Waals surface area (Å²) in [7, 11) is 4.15. The predicted octanol–water partition coefficient (Wildman–Crippen LogP) is 0.0374. The van der Waals surface area contributed by atoms with E-state index in [1.54, 1.807) is 0 Å². The molecule has 0 spiro atoms. The number of ketones is 1. The fourth-order valence-corrected chi connectivity index (χ4v) is 1.13. The van der Waals surface area contributed by atoms with Gasteiger partial charge in [0.15, 0.2) is 5.82 Å². The van der Waals surface area contributed by atoms with Crippen LogP contribution in [0.4, 0.5) is 0 Å². The van der Waals surface area contributed by atoms with E-state index in [2.05, 4.69) is 15.0 Å². The smallest absolute Gasteiger partial charge is 0.289 e. The van der Waals surface area contributed by atoms with Gasteiger partial charge in [-0.25, -0.2) is 15.0 Å². The summed E-state index contributed by atoms with van der Waals surface area (Å²) in [5.41, 5.74) is 0. The van der Waals surface area contributed by atoms with E-state index in [-0.39, 0.29) is 18.0 Å². The molecule has 0 aromatic carbocycles. The standard InChI is InChI=1S/C9H13N3O4/c1-14-9(15-2,16-3)4-7(13)8-11-5-10-6-12-8/h5-6H,4H2,1-3H3. The number of carbonyl (C=O) groups is 1. The summed E-state index contributed by atoms with van der Waals surface area (Å²) >= 11 is 0. The Bertz CT molecular complexity index is 332. The minimum absolute atomic E-state index is 0.0468. The third kappa shape index (κ3) is 2.78. The lowest BCUT2D eigenvalue weighted by Crippen LogP contribution is -2.38. The normalized spacial score (nSPS) is 11.4. The maximum absolute atomic E-state index is 11.7. The maximum Gasteiger partial charge on any atom is 0.289 e. The largest absolute Gasteiger partial charge is 0.330 e. The summed E-state index contributed by atoms with van der Waals surface area (Å²) in [6.07, 6.45) is 2.35. The molecule has 0 radical (unpaired) electrons. The van der Waals surface area contributed by atoms with Gasteiger partial charge in [-0.05, 0) is 0 Å². The van der Waals surface area contributed by atoms with Crippen LogP contribution in [0.2, 0.25) is 0 Å². The van der Waals surface area contributed by atoms with Gasteiger partial charge in [-0.1, -0.05) is 0 Å². The highest BCUT2D eigenvalue weighted by Gasteiger charge is 2.34. The van der Waals surface area contributed by atoms with E-state index < -0.39 is 5.97 Å². The van der Waals surface area contributed by atoms with Gasteiger partial charge in [0.2, 0.25) is 5.78 Å². The summed E-state index contributed by atoms with van der Waals surface area (Å²) in [6, 6.07) is 0. The molecular formula is C9H13N3O4. The van der Waals surface area contributed by atoms with Crippen molar-refractivity contribution in [3.63, 3.8) is 0 Å². The first kappa shape index (κ1) is 12.6. The molecule has 0 saturated carbocycles. The third-order valence-corrected chi connectivity index (χ3v) is 2.05. The van der Waals surface area contributed by atoms with E-state index in [1.807, 2.05) is 0 Å². The molecule has 1 rings (SSSR count). The lowest BCUT2D eigenvalue weighted by atomic mass is 10.2. The average molecular weight is 227 g/mol. The van der Waals surface area contributed by atoms with Gasteiger partial charge in [-0.3, -0.25) is 4.79 Å². The highest BCUT2D eigenvalue weighted by Crippen LogP contribution is 2.18. The first-order valence-corrected chi connectivity index (χ1v) is 4.48. The van der Waals surface area contributed by atoms with E-state index in [0.717, 1.165) is 0 Å². The van der Waals surface area contributed by atoms with E-state index in [4.69, 9.17) is 14.2 Å². The molecule has 16 heavy (non-hydrogen) atoms. The molecule has 0 bridgehead atoms. The van der Waals surface area contributed by atoms with Crippen LogP contribution in [-0.4, -0.2) is 48.0 Å². The number of aromatic nitrogens is 3. The third-order valence-electron chi connectivity index (χ3n) is 2.05. The van der Waals surface area contributed by atoms with Crippen LogP contribution in [0.1, 0.15) is 17.0 Å². The van der Waals surface area contributed by atoms with Crippen LogP contribution in [0.25, 0.3) is 0 Å². The second-order valence-corrected chi connectivity index (χ2v) is 2.86. The highest BCUT2D eigenvalue weighted by atomic mass is 16.9. The van der Waals surface area contributed by atoms with Gasteiger partial charge in [0, 0.05) is 21.3 Å². The molecule has 0 aliphatic carbocycles. The lowest BCUT2D eigenvalue weighted by molar-refractivity contribution is -0.348. The molecule has 0 aliphatic heterocycles. The summed E-state index contributed by atoms with van der Waals surface area (Å²) in [5.74, 6) is -1.71. The van der Waals surface area contributed by atoms with Gasteiger partial charge in [-0.2, -0.15) is 0 Å². The van der Waals surface area contributed by atoms with Gasteiger partial charge in [-0.15, -0.1) is 0 Å². The van der Waals surface area contributed by atoms with Gasteiger partial charge in [0.25, 0.3) is 5.97 Å². The van der Waals surface area contributed by atoms with Crippen molar-refractivity contribution in [3.8, 4) is 0 Å². The Balaban J connectivity index is 2.77. The quantitative estimate of drug-likeness (QED) is 0.501. The van der Waals surface area contributed by atoms with Crippen molar-refractivity contribution in [2.45, 2.75) is 12.4 Å². The van der Waals surface area contributed by atoms with Crippen molar-refractivity contribution in [3.05, 3.63) is 18.5 Å². The molecule has 1 aromatic heterocycles. The molecule has 7 heteroatoms. The number of hydrogen-bond donors (Lipinski definition) is 0. The zero-order valence-electron chi connectivity index (χ0n) is 9.34. The Labute approximate surface area is 92.8 Å². The predicted molar refractivity (Wildman–Crippen MR) is 52.5 cm³/mol. The molecule has 0 N–H and O–H groups in total. The number of hydrogen-bond acceptors (Lipinski definition) is 7. The number of methoxy groups -OCH3 is 3. The number of ether oxygens (including phenoxy) is 3. The summed E-state index contributed by atoms with van der Waals surface area (Å²) < 4.78 is 15.0. The van der Waals surface area contributed by atoms with Gasteiger partial charge in [0.05, 0.1) is 6.42 Å². The molecule has 0 aliphatic rings. The Hall–Kier alpha value is -1.44. The van der Waals surface area contributed by atoms with E-state index in [0.29, 0.717) is 0 Å². The summed E-state index contributed by atoms with van der Waals surface area (Å²) in [4.78, 5) is 22.8. The van der Waals surface area contributed by atoms with Crippen molar-refractivity contribution < 1.29 is 19.0 Å². The van der Waals surface area contributed by atoms with Gasteiger partial charge < -0.3 is 14.2 Å². The Kier molecular flexibility index (Phi) is 4.41. The number of carbonyl (C=O) groups excluding carboxylic acids is 1. The topological polar surface area (TPSA) is 83.4 Å². The first-order valence-electron chi connectivity index (χ1n) is 4.48. The Morgan fingerprint density at radius 1 is 1.19 bits per heavy atom. The van der Waals surface area contributed by atoms with Crippen LogP contribution in [0.5, 0.6) is 0 Å². The van der Waals surface area contributed by atoms with Gasteiger partial charge in [0.1, 0.15) is 12.7 Å². The van der Waals surface area contributed by atoms with Crippen molar-refractivity contribution in [1.82, 2.24) is 15.0 Å². The van der Waals surface area contributed by atoms with Crippen molar-refractivity contribution in [2.75, 3.05) is 21.3 Å². The van der Waals surface area contributed by atoms with Crippen LogP contribution in [0, 0.1) is 0 Å². The van der Waals surface area contributed by atoms with Crippen LogP contribution in [-0.2, 0) is 14.2 Å². The molecule has 0 unspecified atom stereocenters. The average Bonchev–Trinajstić information content (AvgIpc) is 2.37. The molecular weight excluding hydrogens is 214 g/mol. The molecule has 1 heterocycles. The molecule has 0 saturated heterocycles. The van der Waals surface area contributed by atoms with Crippen LogP contribution in [0.3, 0.4) is 0 Å². The summed E-state index contributed by atoms with van der Waals surface area (Å²) in [6.45, 7) is 0. The molecule has 7 nitrogen and oxygen atoms in total. The van der Waals surface area contributed by atoms with Crippen molar-refractivity contribution in [2.24, 2.45) is 0 Å². The van der Waals surface area contributed by atoms with E-state index in [1.165, 1.54) is 34.0 Å². The zero-order valence-corrected chi connectivity index (χ0v) is 9.34. The van der Waals surface area contributed by atoms with E-state index >= 15 is 0 Å². The Morgan fingerprint density at radius 3 is 2.12 bits per heavy atom. The second-order valence-electron chi connectivity index (χ2n) is 2.86. The number of Topliss-reactive ketones (excluding diaryl/α,β-unsaturated/α-hetero) is 1. The number of nitrogens with zero attached hydrogens (tertiary/aromatic N) is 3. The molecule has 1 aromatic rings. The lowest BCUT2D eigenvalue weighted by Gasteiger charge is -2.27. The fourth-order valence-electron chi connectivity index (χ4n) is 1.13. The van der Waals surface area contributed by atoms with Crippen molar-refractivity contribution >= 4 is 5.78 Å². The minimum Gasteiger partial charge on any atom is -0.330 e. The molecule has 0 amide bonds. The molecule has 0 fully saturated rings. The van der Waals surface area contributed by atoms with Crippen LogP contribution < -0.4 is 0 Å². The zero-order chi connectivity index (χ0) is 12.0. The maximum atomic E-state index is 11.7. The van der Waals surface area contributed by atoms with Crippen LogP contribution >= 0.6 is 0 Å². The second kappa shape index (κ2) is 5.59. The molecule has 88 valence electrons. The summed E-state index contributed by atoms with van der Waals surface area (Å²) in [5, 5.41) is 0.